The monoisotopic (exact) mass is 447 g/mol. The van der Waals surface area contributed by atoms with Crippen molar-refractivity contribution in [2.75, 3.05) is 12.9 Å². The molecule has 9 heteroatoms. The molecule has 0 aliphatic heterocycles. The van der Waals surface area contributed by atoms with Crippen molar-refractivity contribution in [3.63, 3.8) is 0 Å². The van der Waals surface area contributed by atoms with Crippen LogP contribution < -0.4 is 15.7 Å². The van der Waals surface area contributed by atoms with Gasteiger partial charge in [0, 0.05) is 13.2 Å². The first kappa shape index (κ1) is 21.4. The second kappa shape index (κ2) is 9.52. The molecular weight excluding hydrogens is 426 g/mol. The Morgan fingerprint density at radius 1 is 1.16 bits per heavy atom. The number of amides is 1. The summed E-state index contributed by atoms with van der Waals surface area (Å²) in [6.07, 6.45) is 3.47. The van der Waals surface area contributed by atoms with E-state index in [9.17, 15) is 9.59 Å². The van der Waals surface area contributed by atoms with Gasteiger partial charge in [-0.1, -0.05) is 23.9 Å². The van der Waals surface area contributed by atoms with Gasteiger partial charge in [-0.2, -0.15) is 5.10 Å². The number of nitrogens with one attached hydrogen (secondary N) is 1. The molecule has 8 nitrogen and oxygen atoms in total. The van der Waals surface area contributed by atoms with E-state index in [0.717, 1.165) is 5.69 Å². The molecule has 1 amide bonds. The van der Waals surface area contributed by atoms with E-state index in [4.69, 9.17) is 4.74 Å². The Morgan fingerprint density at radius 2 is 1.94 bits per heavy atom. The number of carbonyl (C=O) groups is 1. The molecule has 2 aromatic heterocycles. The van der Waals surface area contributed by atoms with Crippen LogP contribution in [0.5, 0.6) is 5.75 Å². The zero-order chi connectivity index (χ0) is 22.5. The van der Waals surface area contributed by atoms with Crippen molar-refractivity contribution in [2.24, 2.45) is 12.1 Å². The van der Waals surface area contributed by atoms with Crippen molar-refractivity contribution >= 4 is 34.8 Å². The second-order valence-corrected chi connectivity index (χ2v) is 7.82. The Labute approximate surface area is 188 Å². The molecule has 0 aliphatic carbocycles. The molecule has 0 bridgehead atoms. The van der Waals surface area contributed by atoms with E-state index in [0.29, 0.717) is 27.5 Å². The number of carbonyl (C=O) groups excluding carboxylic acids is 1. The summed E-state index contributed by atoms with van der Waals surface area (Å²) in [5, 5.41) is 4.91. The van der Waals surface area contributed by atoms with Crippen molar-refractivity contribution in [3.05, 3.63) is 82.9 Å². The third-order valence-electron chi connectivity index (χ3n) is 4.78. The number of hydrazone groups is 1. The summed E-state index contributed by atoms with van der Waals surface area (Å²) in [5.41, 5.74) is 4.38. The average Bonchev–Trinajstić information content (AvgIpc) is 3.22. The van der Waals surface area contributed by atoms with Crippen molar-refractivity contribution in [1.82, 2.24) is 19.5 Å². The van der Waals surface area contributed by atoms with Crippen LogP contribution in [-0.4, -0.2) is 39.1 Å². The number of ether oxygens (including phenoxy) is 1. The summed E-state index contributed by atoms with van der Waals surface area (Å²) in [4.78, 5) is 30.2. The molecule has 0 saturated carbocycles. The smallest absolute Gasteiger partial charge is 0.266 e. The van der Waals surface area contributed by atoms with E-state index in [1.807, 2.05) is 36.0 Å². The highest BCUT2D eigenvalue weighted by atomic mass is 32.2. The molecule has 0 spiro atoms. The first-order chi connectivity index (χ1) is 15.6. The quantitative estimate of drug-likeness (QED) is 0.204. The SMILES string of the molecule is COc1ccc(-n2c(SCC(=O)N/N=C/c3cccn3C)nc3ccccc3c2=O)cc1. The fourth-order valence-electron chi connectivity index (χ4n) is 3.11. The zero-order valence-corrected chi connectivity index (χ0v) is 18.4. The van der Waals surface area contributed by atoms with Crippen molar-refractivity contribution in [2.45, 2.75) is 5.16 Å². The number of hydrogen-bond acceptors (Lipinski definition) is 6. The van der Waals surface area contributed by atoms with E-state index in [1.54, 1.807) is 55.8 Å². The first-order valence-electron chi connectivity index (χ1n) is 9.79. The first-order valence-corrected chi connectivity index (χ1v) is 10.8. The van der Waals surface area contributed by atoms with E-state index in [2.05, 4.69) is 15.5 Å². The summed E-state index contributed by atoms with van der Waals surface area (Å²) in [7, 11) is 3.47. The summed E-state index contributed by atoms with van der Waals surface area (Å²) in [6, 6.07) is 18.0. The fourth-order valence-corrected chi connectivity index (χ4v) is 3.91. The van der Waals surface area contributed by atoms with E-state index < -0.39 is 0 Å². The Balaban J connectivity index is 1.59. The average molecular weight is 448 g/mol. The van der Waals surface area contributed by atoms with Crippen LogP contribution in [0.1, 0.15) is 5.69 Å². The molecule has 4 rings (SSSR count). The summed E-state index contributed by atoms with van der Waals surface area (Å²) in [6.45, 7) is 0. The molecule has 2 aromatic carbocycles. The van der Waals surface area contributed by atoms with Gasteiger partial charge in [0.2, 0.25) is 0 Å². The molecular formula is C23H21N5O3S. The number of aromatic nitrogens is 3. The third-order valence-corrected chi connectivity index (χ3v) is 5.72. The minimum atomic E-state index is -0.302. The highest BCUT2D eigenvalue weighted by Crippen LogP contribution is 2.22. The van der Waals surface area contributed by atoms with Gasteiger partial charge in [0.1, 0.15) is 5.75 Å². The number of hydrogen-bond donors (Lipinski definition) is 1. The number of nitrogens with zero attached hydrogens (tertiary/aromatic N) is 4. The highest BCUT2D eigenvalue weighted by Gasteiger charge is 2.15. The van der Waals surface area contributed by atoms with Crippen LogP contribution in [0.3, 0.4) is 0 Å². The number of thioether (sulfide) groups is 1. The Kier molecular flexibility index (Phi) is 6.37. The maximum Gasteiger partial charge on any atom is 0.266 e. The number of para-hydroxylation sites is 1. The van der Waals surface area contributed by atoms with E-state index in [-0.39, 0.29) is 17.2 Å². The lowest BCUT2D eigenvalue weighted by Gasteiger charge is -2.13. The van der Waals surface area contributed by atoms with Gasteiger partial charge in [0.25, 0.3) is 11.5 Å². The minimum Gasteiger partial charge on any atom is -0.497 e. The molecule has 0 atom stereocenters. The van der Waals surface area contributed by atoms with Crippen molar-refractivity contribution in [3.8, 4) is 11.4 Å². The topological polar surface area (TPSA) is 90.5 Å². The van der Waals surface area contributed by atoms with Crippen molar-refractivity contribution in [1.29, 1.82) is 0 Å². The van der Waals surface area contributed by atoms with Crippen LogP contribution in [0.15, 0.2) is 81.9 Å². The number of aryl methyl sites for hydroxylation is 1. The lowest BCUT2D eigenvalue weighted by molar-refractivity contribution is -0.118. The molecule has 0 unspecified atom stereocenters. The van der Waals surface area contributed by atoms with Crippen LogP contribution in [-0.2, 0) is 11.8 Å². The summed E-state index contributed by atoms with van der Waals surface area (Å²) in [5.74, 6) is 0.426. The molecule has 162 valence electrons. The standard InChI is InChI=1S/C23H21N5O3S/c1-27-13-5-6-17(27)14-24-26-21(29)15-32-23-25-20-8-4-3-7-19(20)22(30)28(23)16-9-11-18(31-2)12-10-16/h3-14H,15H2,1-2H3,(H,26,29)/b24-14+. The normalized spacial score (nSPS) is 11.2. The number of rotatable bonds is 7. The predicted octanol–water partition coefficient (Wildman–Crippen LogP) is 2.98. The molecule has 0 radical (unpaired) electrons. The molecule has 0 saturated heterocycles. The van der Waals surface area contributed by atoms with Crippen LogP contribution >= 0.6 is 11.8 Å². The fraction of sp³-hybridized carbons (Fsp3) is 0.130. The highest BCUT2D eigenvalue weighted by molar-refractivity contribution is 7.99. The van der Waals surface area contributed by atoms with Gasteiger partial charge in [0.05, 0.1) is 41.4 Å². The van der Waals surface area contributed by atoms with Gasteiger partial charge in [-0.3, -0.25) is 14.2 Å². The van der Waals surface area contributed by atoms with Gasteiger partial charge in [-0.05, 0) is 48.5 Å². The summed E-state index contributed by atoms with van der Waals surface area (Å²) < 4.78 is 8.60. The maximum atomic E-state index is 13.2. The minimum absolute atomic E-state index is 0.0470. The largest absolute Gasteiger partial charge is 0.497 e. The Hall–Kier alpha value is -3.85. The zero-order valence-electron chi connectivity index (χ0n) is 17.6. The molecule has 0 aliphatic rings. The summed E-state index contributed by atoms with van der Waals surface area (Å²) >= 11 is 1.17. The second-order valence-electron chi connectivity index (χ2n) is 6.88. The molecule has 2 heterocycles. The van der Waals surface area contributed by atoms with Gasteiger partial charge >= 0.3 is 0 Å². The number of benzene rings is 2. The molecule has 0 fully saturated rings. The Bertz CT molecular complexity index is 1340. The molecule has 32 heavy (non-hydrogen) atoms. The van der Waals surface area contributed by atoms with Crippen LogP contribution in [0.2, 0.25) is 0 Å². The Morgan fingerprint density at radius 3 is 2.66 bits per heavy atom. The lowest BCUT2D eigenvalue weighted by atomic mass is 10.2. The van der Waals surface area contributed by atoms with Gasteiger partial charge in [-0.15, -0.1) is 0 Å². The molecule has 4 aromatic rings. The van der Waals surface area contributed by atoms with Gasteiger partial charge in [-0.25, -0.2) is 10.4 Å². The van der Waals surface area contributed by atoms with E-state index in [1.165, 1.54) is 16.3 Å². The van der Waals surface area contributed by atoms with Crippen molar-refractivity contribution < 1.29 is 9.53 Å². The number of methoxy groups -OCH3 is 1. The third kappa shape index (κ3) is 4.57. The number of fused-ring (bicyclic) bond motifs is 1. The molecule has 1 N–H and O–H groups in total. The predicted molar refractivity (Wildman–Crippen MR) is 126 cm³/mol. The van der Waals surface area contributed by atoms with Crippen LogP contribution in [0, 0.1) is 0 Å². The van der Waals surface area contributed by atoms with E-state index >= 15 is 0 Å². The maximum absolute atomic E-state index is 13.2. The lowest BCUT2D eigenvalue weighted by Crippen LogP contribution is -2.24. The van der Waals surface area contributed by atoms with Gasteiger partial charge in [0.15, 0.2) is 5.16 Å². The van der Waals surface area contributed by atoms with Crippen LogP contribution in [0.25, 0.3) is 16.6 Å². The van der Waals surface area contributed by atoms with Gasteiger partial charge < -0.3 is 9.30 Å². The van der Waals surface area contributed by atoms with Crippen LogP contribution in [0.4, 0.5) is 0 Å².